The molecule has 0 fully saturated rings. The number of nitrogens with two attached hydrogens (primary N) is 2. The number of carboxylic acids is 1. The van der Waals surface area contributed by atoms with Crippen molar-refractivity contribution in [3.63, 3.8) is 0 Å². The number of amides is 4. The van der Waals surface area contributed by atoms with Crippen LogP contribution in [0.3, 0.4) is 0 Å². The minimum absolute atomic E-state index is 0.0359. The highest BCUT2D eigenvalue weighted by Gasteiger charge is 2.30. The number of primary amides is 1. The maximum atomic E-state index is 13.0. The van der Waals surface area contributed by atoms with E-state index in [0.717, 1.165) is 0 Å². The van der Waals surface area contributed by atoms with E-state index >= 15 is 0 Å². The lowest BCUT2D eigenvalue weighted by Gasteiger charge is -2.25. The van der Waals surface area contributed by atoms with Gasteiger partial charge in [-0.3, -0.25) is 19.2 Å². The Balaban J connectivity index is 3.02. The number of hydrogen-bond acceptors (Lipinski definition) is 7. The predicted octanol–water partition coefficient (Wildman–Crippen LogP) is -1.26. The number of aliphatic carboxylic acids is 1. The summed E-state index contributed by atoms with van der Waals surface area (Å²) < 4.78 is 0. The molecule has 9 N–H and O–H groups in total. The molecule has 0 saturated heterocycles. The molecule has 0 aliphatic heterocycles. The lowest BCUT2D eigenvalue weighted by atomic mass is 10.0. The Bertz CT molecular complexity index is 873. The standard InChI is InChI=1S/C22H33N5O7/c1-12(2)9-16(20(31)26-15(22(33)34)7-8-18(24)29)27-21(32)17(25-19(30)11-23)10-13-3-5-14(28)6-4-13/h3-6,12,15-17,28H,7-11,23H2,1-2H3,(H2,24,29)(H,25,30)(H,26,31)(H,27,32)(H,33,34). The van der Waals surface area contributed by atoms with Crippen molar-refractivity contribution in [2.24, 2.45) is 17.4 Å². The molecule has 3 atom stereocenters. The zero-order chi connectivity index (χ0) is 25.8. The van der Waals surface area contributed by atoms with E-state index < -0.39 is 47.7 Å². The number of benzene rings is 1. The van der Waals surface area contributed by atoms with Crippen molar-refractivity contribution in [1.82, 2.24) is 16.0 Å². The van der Waals surface area contributed by atoms with Gasteiger partial charge in [-0.05, 0) is 36.5 Å². The van der Waals surface area contributed by atoms with E-state index in [-0.39, 0.29) is 43.9 Å². The zero-order valence-electron chi connectivity index (χ0n) is 19.2. The maximum absolute atomic E-state index is 13.0. The summed E-state index contributed by atoms with van der Waals surface area (Å²) in [6.45, 7) is 3.28. The largest absolute Gasteiger partial charge is 0.508 e. The third kappa shape index (κ3) is 10.3. The van der Waals surface area contributed by atoms with Crippen LogP contribution in [0.25, 0.3) is 0 Å². The molecule has 3 unspecified atom stereocenters. The van der Waals surface area contributed by atoms with E-state index in [2.05, 4.69) is 16.0 Å². The lowest BCUT2D eigenvalue weighted by Crippen LogP contribution is -2.57. The quantitative estimate of drug-likeness (QED) is 0.171. The highest BCUT2D eigenvalue weighted by Crippen LogP contribution is 2.12. The molecule has 0 aliphatic rings. The van der Waals surface area contributed by atoms with Gasteiger partial charge in [0.15, 0.2) is 0 Å². The molecule has 188 valence electrons. The lowest BCUT2D eigenvalue weighted by molar-refractivity contribution is -0.142. The fourth-order valence-electron chi connectivity index (χ4n) is 3.12. The van der Waals surface area contributed by atoms with E-state index in [4.69, 9.17) is 11.5 Å². The fourth-order valence-corrected chi connectivity index (χ4v) is 3.12. The molecule has 0 aromatic heterocycles. The first-order valence-corrected chi connectivity index (χ1v) is 10.8. The molecule has 0 radical (unpaired) electrons. The summed E-state index contributed by atoms with van der Waals surface area (Å²) in [7, 11) is 0. The van der Waals surface area contributed by atoms with Crippen LogP contribution in [0.4, 0.5) is 0 Å². The molecule has 12 heteroatoms. The molecule has 0 spiro atoms. The Hall–Kier alpha value is -3.67. The van der Waals surface area contributed by atoms with Gasteiger partial charge in [0.2, 0.25) is 23.6 Å². The number of carbonyl (C=O) groups excluding carboxylic acids is 4. The smallest absolute Gasteiger partial charge is 0.326 e. The second-order valence-corrected chi connectivity index (χ2v) is 8.29. The summed E-state index contributed by atoms with van der Waals surface area (Å²) in [5.41, 5.74) is 11.0. The van der Waals surface area contributed by atoms with Crippen molar-refractivity contribution in [3.8, 4) is 5.75 Å². The van der Waals surface area contributed by atoms with Crippen molar-refractivity contribution in [2.75, 3.05) is 6.54 Å². The van der Waals surface area contributed by atoms with E-state index in [0.29, 0.717) is 5.56 Å². The summed E-state index contributed by atoms with van der Waals surface area (Å²) in [6.07, 6.45) is -0.187. The van der Waals surface area contributed by atoms with Crippen LogP contribution >= 0.6 is 0 Å². The third-order valence-electron chi connectivity index (χ3n) is 4.85. The Labute approximate surface area is 197 Å². The second kappa shape index (κ2) is 13.8. The van der Waals surface area contributed by atoms with Crippen LogP contribution < -0.4 is 27.4 Å². The van der Waals surface area contributed by atoms with Gasteiger partial charge in [0, 0.05) is 12.8 Å². The highest BCUT2D eigenvalue weighted by atomic mass is 16.4. The van der Waals surface area contributed by atoms with Crippen molar-refractivity contribution >= 4 is 29.6 Å². The molecule has 1 aromatic carbocycles. The van der Waals surface area contributed by atoms with Gasteiger partial charge in [-0.25, -0.2) is 4.79 Å². The van der Waals surface area contributed by atoms with Gasteiger partial charge >= 0.3 is 5.97 Å². The first-order valence-electron chi connectivity index (χ1n) is 10.8. The molecular weight excluding hydrogens is 446 g/mol. The van der Waals surface area contributed by atoms with Crippen LogP contribution in [0.1, 0.15) is 38.7 Å². The first-order chi connectivity index (χ1) is 15.9. The predicted molar refractivity (Wildman–Crippen MR) is 122 cm³/mol. The Morgan fingerprint density at radius 2 is 1.47 bits per heavy atom. The molecule has 0 heterocycles. The Morgan fingerprint density at radius 3 is 1.97 bits per heavy atom. The molecular formula is C22H33N5O7. The van der Waals surface area contributed by atoms with Crippen molar-refractivity contribution in [1.29, 1.82) is 0 Å². The van der Waals surface area contributed by atoms with Gasteiger partial charge in [0.05, 0.1) is 6.54 Å². The van der Waals surface area contributed by atoms with Crippen LogP contribution in [-0.4, -0.2) is 64.5 Å². The Kier molecular flexibility index (Phi) is 11.5. The summed E-state index contributed by atoms with van der Waals surface area (Å²) in [4.78, 5) is 60.2. The number of carbonyl (C=O) groups is 5. The topological polar surface area (TPSA) is 214 Å². The van der Waals surface area contributed by atoms with Crippen LogP contribution in [0, 0.1) is 5.92 Å². The number of hydrogen-bond donors (Lipinski definition) is 7. The van der Waals surface area contributed by atoms with E-state index in [1.165, 1.54) is 12.1 Å². The first kappa shape index (κ1) is 28.4. The third-order valence-corrected chi connectivity index (χ3v) is 4.85. The summed E-state index contributed by atoms with van der Waals surface area (Å²) in [5.74, 6) is -4.05. The van der Waals surface area contributed by atoms with Gasteiger partial charge in [0.25, 0.3) is 0 Å². The average Bonchev–Trinajstić information content (AvgIpc) is 2.76. The molecule has 4 amide bonds. The van der Waals surface area contributed by atoms with Gasteiger partial charge in [-0.2, -0.15) is 0 Å². The molecule has 1 rings (SSSR count). The summed E-state index contributed by atoms with van der Waals surface area (Å²) in [5, 5.41) is 26.2. The molecule has 12 nitrogen and oxygen atoms in total. The van der Waals surface area contributed by atoms with Gasteiger partial charge in [0.1, 0.15) is 23.9 Å². The molecule has 0 saturated carbocycles. The molecule has 0 bridgehead atoms. The number of phenols is 1. The minimum Gasteiger partial charge on any atom is -0.508 e. The normalized spacial score (nSPS) is 13.4. The number of rotatable bonds is 14. The van der Waals surface area contributed by atoms with Crippen LogP contribution in [0.15, 0.2) is 24.3 Å². The number of nitrogens with one attached hydrogen (secondary N) is 3. The van der Waals surface area contributed by atoms with Crippen LogP contribution in [0.2, 0.25) is 0 Å². The highest BCUT2D eigenvalue weighted by molar-refractivity contribution is 5.93. The van der Waals surface area contributed by atoms with E-state index in [1.807, 2.05) is 13.8 Å². The van der Waals surface area contributed by atoms with Crippen molar-refractivity contribution < 1.29 is 34.2 Å². The van der Waals surface area contributed by atoms with Crippen LogP contribution in [-0.2, 0) is 30.4 Å². The number of phenolic OH excluding ortho intramolecular Hbond substituents is 1. The summed E-state index contributed by atoms with van der Waals surface area (Å²) in [6, 6.07) is 2.49. The SMILES string of the molecule is CC(C)CC(NC(=O)C(Cc1ccc(O)cc1)NC(=O)CN)C(=O)NC(CCC(N)=O)C(=O)O. The second-order valence-electron chi connectivity index (χ2n) is 8.29. The molecule has 0 aliphatic carbocycles. The van der Waals surface area contributed by atoms with E-state index in [1.54, 1.807) is 12.1 Å². The average molecular weight is 480 g/mol. The Morgan fingerprint density at radius 1 is 0.912 bits per heavy atom. The summed E-state index contributed by atoms with van der Waals surface area (Å²) >= 11 is 0. The van der Waals surface area contributed by atoms with Gasteiger partial charge < -0.3 is 37.6 Å². The molecule has 1 aromatic rings. The van der Waals surface area contributed by atoms with Gasteiger partial charge in [-0.15, -0.1) is 0 Å². The zero-order valence-corrected chi connectivity index (χ0v) is 19.2. The van der Waals surface area contributed by atoms with Crippen LogP contribution in [0.5, 0.6) is 5.75 Å². The maximum Gasteiger partial charge on any atom is 0.326 e. The number of carboxylic acid groups (broad SMARTS) is 1. The van der Waals surface area contributed by atoms with Gasteiger partial charge in [-0.1, -0.05) is 26.0 Å². The minimum atomic E-state index is -1.36. The molecule has 34 heavy (non-hydrogen) atoms. The fraction of sp³-hybridized carbons (Fsp3) is 0.500. The van der Waals surface area contributed by atoms with Crippen molar-refractivity contribution in [3.05, 3.63) is 29.8 Å². The number of aromatic hydroxyl groups is 1. The van der Waals surface area contributed by atoms with Crippen molar-refractivity contribution in [2.45, 2.75) is 57.7 Å². The van der Waals surface area contributed by atoms with E-state index in [9.17, 15) is 34.2 Å². The monoisotopic (exact) mass is 479 g/mol.